The van der Waals surface area contributed by atoms with Crippen molar-refractivity contribution < 1.29 is 14.7 Å². The van der Waals surface area contributed by atoms with E-state index in [2.05, 4.69) is 10.6 Å². The molecule has 0 spiro atoms. The van der Waals surface area contributed by atoms with Crippen molar-refractivity contribution in [1.29, 1.82) is 0 Å². The highest BCUT2D eigenvalue weighted by Crippen LogP contribution is 2.18. The second-order valence-electron chi connectivity index (χ2n) is 4.81. The summed E-state index contributed by atoms with van der Waals surface area (Å²) in [6.07, 6.45) is 1.53. The number of rotatable bonds is 4. The fourth-order valence-corrected chi connectivity index (χ4v) is 2.28. The molecule has 1 aromatic rings. The van der Waals surface area contributed by atoms with Crippen LogP contribution in [0.15, 0.2) is 30.3 Å². The summed E-state index contributed by atoms with van der Waals surface area (Å²) in [4.78, 5) is 23.8. The molecule has 1 unspecified atom stereocenters. The number of amides is 2. The first kappa shape index (κ1) is 13.7. The maximum atomic E-state index is 12.0. The fourth-order valence-electron chi connectivity index (χ4n) is 2.28. The Kier molecular flexibility index (Phi) is 4.29. The lowest BCUT2D eigenvalue weighted by atomic mass is 9.97. The van der Waals surface area contributed by atoms with E-state index in [9.17, 15) is 14.7 Å². The average molecular weight is 262 g/mol. The lowest BCUT2D eigenvalue weighted by Crippen LogP contribution is -2.57. The smallest absolute Gasteiger partial charge is 0.249 e. The summed E-state index contributed by atoms with van der Waals surface area (Å²) in [5.74, 6) is -0.786. The van der Waals surface area contributed by atoms with Crippen LogP contribution in [-0.2, 0) is 16.0 Å². The second kappa shape index (κ2) is 5.95. The molecule has 0 bridgehead atoms. The van der Waals surface area contributed by atoms with E-state index in [1.54, 1.807) is 0 Å². The van der Waals surface area contributed by atoms with Crippen molar-refractivity contribution >= 4 is 11.8 Å². The van der Waals surface area contributed by atoms with Crippen molar-refractivity contribution in [3.63, 3.8) is 0 Å². The molecule has 1 aromatic carbocycles. The van der Waals surface area contributed by atoms with Crippen LogP contribution >= 0.6 is 0 Å². The van der Waals surface area contributed by atoms with Crippen LogP contribution in [0.3, 0.4) is 0 Å². The Labute approximate surface area is 112 Å². The minimum Gasteiger partial charge on any atom is -0.394 e. The van der Waals surface area contributed by atoms with Crippen molar-refractivity contribution in [2.75, 3.05) is 13.2 Å². The van der Waals surface area contributed by atoms with Gasteiger partial charge >= 0.3 is 0 Å². The predicted molar refractivity (Wildman–Crippen MR) is 70.3 cm³/mol. The maximum Gasteiger partial charge on any atom is 0.249 e. The van der Waals surface area contributed by atoms with Gasteiger partial charge in [-0.15, -0.1) is 0 Å². The van der Waals surface area contributed by atoms with Crippen LogP contribution in [-0.4, -0.2) is 35.6 Å². The van der Waals surface area contributed by atoms with Crippen molar-refractivity contribution in [2.24, 2.45) is 0 Å². The molecule has 1 aliphatic rings. The van der Waals surface area contributed by atoms with Gasteiger partial charge in [-0.1, -0.05) is 30.3 Å². The molecule has 1 saturated heterocycles. The minimum atomic E-state index is -0.994. The highest BCUT2D eigenvalue weighted by molar-refractivity contribution is 6.00. The zero-order valence-electron chi connectivity index (χ0n) is 10.7. The molecule has 0 radical (unpaired) electrons. The van der Waals surface area contributed by atoms with Crippen molar-refractivity contribution in [2.45, 2.75) is 24.8 Å². The third-order valence-electron chi connectivity index (χ3n) is 3.41. The number of hydrogen-bond acceptors (Lipinski definition) is 4. The van der Waals surface area contributed by atoms with Gasteiger partial charge in [-0.3, -0.25) is 14.9 Å². The first-order chi connectivity index (χ1) is 9.16. The van der Waals surface area contributed by atoms with Gasteiger partial charge in [0, 0.05) is 0 Å². The van der Waals surface area contributed by atoms with Crippen LogP contribution in [0.25, 0.3) is 0 Å². The van der Waals surface area contributed by atoms with Gasteiger partial charge in [-0.2, -0.15) is 0 Å². The molecular formula is C14H18N2O3. The van der Waals surface area contributed by atoms with E-state index in [0.717, 1.165) is 12.0 Å². The SMILES string of the molecule is O=C(Cc1ccccc1)NC(=O)C1(CO)CCCN1. The summed E-state index contributed by atoms with van der Waals surface area (Å²) >= 11 is 0. The first-order valence-corrected chi connectivity index (χ1v) is 6.40. The molecule has 5 heteroatoms. The Hall–Kier alpha value is -1.72. The molecule has 2 amide bonds. The lowest BCUT2D eigenvalue weighted by molar-refractivity contribution is -0.135. The van der Waals surface area contributed by atoms with Gasteiger partial charge in [-0.25, -0.2) is 0 Å². The topological polar surface area (TPSA) is 78.4 Å². The molecule has 1 fully saturated rings. The van der Waals surface area contributed by atoms with Crippen molar-refractivity contribution in [1.82, 2.24) is 10.6 Å². The standard InChI is InChI=1S/C14H18N2O3/c17-10-14(7-4-8-15-14)13(19)16-12(18)9-11-5-2-1-3-6-11/h1-3,5-6,15,17H,4,7-10H2,(H,16,18,19). The number of hydrogen-bond donors (Lipinski definition) is 3. The van der Waals surface area contributed by atoms with Gasteiger partial charge in [0.25, 0.3) is 0 Å². The Bertz CT molecular complexity index is 453. The highest BCUT2D eigenvalue weighted by Gasteiger charge is 2.40. The molecule has 102 valence electrons. The number of carbonyl (C=O) groups excluding carboxylic acids is 2. The molecule has 1 atom stereocenters. The van der Waals surface area contributed by atoms with Crippen molar-refractivity contribution in [3.05, 3.63) is 35.9 Å². The number of carbonyl (C=O) groups is 2. The van der Waals surface area contributed by atoms with Gasteiger partial charge in [0.05, 0.1) is 13.0 Å². The number of aliphatic hydroxyl groups is 1. The Morgan fingerprint density at radius 3 is 2.63 bits per heavy atom. The average Bonchev–Trinajstić information content (AvgIpc) is 2.89. The van der Waals surface area contributed by atoms with E-state index in [0.29, 0.717) is 13.0 Å². The van der Waals surface area contributed by atoms with E-state index in [1.807, 2.05) is 30.3 Å². The third-order valence-corrected chi connectivity index (χ3v) is 3.41. The maximum absolute atomic E-state index is 12.0. The first-order valence-electron chi connectivity index (χ1n) is 6.40. The van der Waals surface area contributed by atoms with Gasteiger partial charge < -0.3 is 10.4 Å². The van der Waals surface area contributed by atoms with Gasteiger partial charge in [0.1, 0.15) is 5.54 Å². The largest absolute Gasteiger partial charge is 0.394 e. The summed E-state index contributed by atoms with van der Waals surface area (Å²) in [5, 5.41) is 14.7. The van der Waals surface area contributed by atoms with Gasteiger partial charge in [-0.05, 0) is 24.9 Å². The summed E-state index contributed by atoms with van der Waals surface area (Å²) in [7, 11) is 0. The van der Waals surface area contributed by atoms with E-state index < -0.39 is 11.4 Å². The lowest BCUT2D eigenvalue weighted by Gasteiger charge is -2.25. The molecule has 5 nitrogen and oxygen atoms in total. The number of nitrogens with one attached hydrogen (secondary N) is 2. The quantitative estimate of drug-likeness (QED) is 0.713. The Morgan fingerprint density at radius 2 is 2.05 bits per heavy atom. The normalized spacial score (nSPS) is 22.2. The molecule has 0 saturated carbocycles. The minimum absolute atomic E-state index is 0.161. The van der Waals surface area contributed by atoms with E-state index in [1.165, 1.54) is 0 Å². The van der Waals surface area contributed by atoms with Crippen LogP contribution in [0, 0.1) is 0 Å². The molecule has 1 heterocycles. The molecule has 0 aliphatic carbocycles. The molecule has 0 aromatic heterocycles. The molecule has 2 rings (SSSR count). The zero-order chi connectivity index (χ0) is 13.7. The number of benzene rings is 1. The summed E-state index contributed by atoms with van der Waals surface area (Å²) < 4.78 is 0. The summed E-state index contributed by atoms with van der Waals surface area (Å²) in [6.45, 7) is 0.387. The molecule has 3 N–H and O–H groups in total. The third kappa shape index (κ3) is 3.19. The molecule has 1 aliphatic heterocycles. The van der Waals surface area contributed by atoms with Gasteiger partial charge in [0.2, 0.25) is 11.8 Å². The van der Waals surface area contributed by atoms with Crippen LogP contribution in [0.5, 0.6) is 0 Å². The Balaban J connectivity index is 1.93. The fraction of sp³-hybridized carbons (Fsp3) is 0.429. The van der Waals surface area contributed by atoms with Crippen LogP contribution in [0.1, 0.15) is 18.4 Å². The van der Waals surface area contributed by atoms with E-state index >= 15 is 0 Å². The highest BCUT2D eigenvalue weighted by atomic mass is 16.3. The monoisotopic (exact) mass is 262 g/mol. The zero-order valence-corrected chi connectivity index (χ0v) is 10.7. The summed E-state index contributed by atoms with van der Waals surface area (Å²) in [6, 6.07) is 9.23. The summed E-state index contributed by atoms with van der Waals surface area (Å²) in [5.41, 5.74) is -0.142. The van der Waals surface area contributed by atoms with Crippen molar-refractivity contribution in [3.8, 4) is 0 Å². The number of aliphatic hydroxyl groups excluding tert-OH is 1. The number of imide groups is 1. The van der Waals surface area contributed by atoms with Crippen LogP contribution in [0.4, 0.5) is 0 Å². The molecule has 19 heavy (non-hydrogen) atoms. The molecular weight excluding hydrogens is 244 g/mol. The Morgan fingerprint density at radius 1 is 1.32 bits per heavy atom. The predicted octanol–water partition coefficient (Wildman–Crippen LogP) is -0.0136. The van der Waals surface area contributed by atoms with E-state index in [-0.39, 0.29) is 18.9 Å². The van der Waals surface area contributed by atoms with E-state index in [4.69, 9.17) is 0 Å². The second-order valence-corrected chi connectivity index (χ2v) is 4.81. The van der Waals surface area contributed by atoms with Crippen LogP contribution < -0.4 is 10.6 Å². The van der Waals surface area contributed by atoms with Crippen LogP contribution in [0.2, 0.25) is 0 Å². The van der Waals surface area contributed by atoms with Gasteiger partial charge in [0.15, 0.2) is 0 Å².